The van der Waals surface area contributed by atoms with Crippen LogP contribution in [-0.2, 0) is 4.74 Å². The lowest BCUT2D eigenvalue weighted by Gasteiger charge is -2.01. The SMILES string of the molecule is CC.COC(=O)c1snc(-c2ncccc2Cl)c1C. The molecule has 6 heteroatoms. The molecule has 2 aromatic rings. The topological polar surface area (TPSA) is 52.1 Å². The number of pyridine rings is 1. The highest BCUT2D eigenvalue weighted by Gasteiger charge is 2.19. The van der Waals surface area contributed by atoms with E-state index in [9.17, 15) is 4.79 Å². The second-order valence-electron chi connectivity index (χ2n) is 3.31. The number of carbonyl (C=O) groups excluding carboxylic acids is 1. The maximum Gasteiger partial charge on any atom is 0.349 e. The fraction of sp³-hybridized carbons (Fsp3) is 0.308. The van der Waals surface area contributed by atoms with Crippen molar-refractivity contribution in [2.24, 2.45) is 0 Å². The summed E-state index contributed by atoms with van der Waals surface area (Å²) in [7, 11) is 1.34. The quantitative estimate of drug-likeness (QED) is 0.787. The summed E-state index contributed by atoms with van der Waals surface area (Å²) in [6.07, 6.45) is 1.64. The zero-order valence-corrected chi connectivity index (χ0v) is 12.8. The summed E-state index contributed by atoms with van der Waals surface area (Å²) in [4.78, 5) is 16.1. The molecule has 0 aliphatic carbocycles. The molecule has 0 spiro atoms. The van der Waals surface area contributed by atoms with Crippen LogP contribution < -0.4 is 0 Å². The van der Waals surface area contributed by atoms with Crippen molar-refractivity contribution in [1.29, 1.82) is 0 Å². The first-order chi connectivity index (χ1) is 9.15. The number of ether oxygens (including phenoxy) is 1. The van der Waals surface area contributed by atoms with Gasteiger partial charge in [0.1, 0.15) is 16.3 Å². The molecule has 0 bridgehead atoms. The largest absolute Gasteiger partial charge is 0.465 e. The summed E-state index contributed by atoms with van der Waals surface area (Å²) in [6.45, 7) is 5.80. The third-order valence-corrected chi connectivity index (χ3v) is 3.51. The number of hydrogen-bond donors (Lipinski definition) is 0. The highest BCUT2D eigenvalue weighted by molar-refractivity contribution is 7.08. The molecule has 0 atom stereocenters. The fourth-order valence-corrected chi connectivity index (χ4v) is 2.41. The molecule has 19 heavy (non-hydrogen) atoms. The minimum absolute atomic E-state index is 0.390. The van der Waals surface area contributed by atoms with Gasteiger partial charge in [-0.1, -0.05) is 25.4 Å². The molecular formula is C13H15ClN2O2S. The van der Waals surface area contributed by atoms with Gasteiger partial charge in [-0.15, -0.1) is 0 Å². The average molecular weight is 299 g/mol. The van der Waals surface area contributed by atoms with Crippen LogP contribution in [0.4, 0.5) is 0 Å². The van der Waals surface area contributed by atoms with Gasteiger partial charge in [0, 0.05) is 11.8 Å². The fourth-order valence-electron chi connectivity index (χ4n) is 1.40. The lowest BCUT2D eigenvalue weighted by molar-refractivity contribution is 0.0605. The van der Waals surface area contributed by atoms with Crippen molar-refractivity contribution < 1.29 is 9.53 Å². The Bertz CT molecular complexity index is 570. The van der Waals surface area contributed by atoms with Crippen LogP contribution in [0.5, 0.6) is 0 Å². The van der Waals surface area contributed by atoms with E-state index in [-0.39, 0.29) is 0 Å². The van der Waals surface area contributed by atoms with Gasteiger partial charge in [0.25, 0.3) is 0 Å². The van der Waals surface area contributed by atoms with Gasteiger partial charge in [-0.25, -0.2) is 4.79 Å². The van der Waals surface area contributed by atoms with Crippen molar-refractivity contribution in [3.63, 3.8) is 0 Å². The molecule has 2 heterocycles. The standard InChI is InChI=1S/C11H9ClN2O2S.C2H6/c1-6-8(9-7(12)4-3-5-13-9)14-17-10(6)11(15)16-2;1-2/h3-5H,1-2H3;1-2H3. The molecule has 2 aromatic heterocycles. The number of nitrogens with zero attached hydrogens (tertiary/aromatic N) is 2. The number of carbonyl (C=O) groups is 1. The summed E-state index contributed by atoms with van der Waals surface area (Å²) < 4.78 is 8.88. The molecule has 0 fully saturated rings. The predicted octanol–water partition coefficient (Wildman–Crippen LogP) is 3.98. The maximum atomic E-state index is 11.5. The van der Waals surface area contributed by atoms with Gasteiger partial charge < -0.3 is 4.74 Å². The van der Waals surface area contributed by atoms with E-state index in [1.807, 2.05) is 13.8 Å². The van der Waals surface area contributed by atoms with Crippen molar-refractivity contribution in [3.05, 3.63) is 33.8 Å². The number of halogens is 1. The van der Waals surface area contributed by atoms with Gasteiger partial charge in [-0.2, -0.15) is 4.37 Å². The predicted molar refractivity (Wildman–Crippen MR) is 77.8 cm³/mol. The van der Waals surface area contributed by atoms with Crippen molar-refractivity contribution in [2.75, 3.05) is 7.11 Å². The van der Waals surface area contributed by atoms with Gasteiger partial charge in [-0.05, 0) is 30.6 Å². The van der Waals surface area contributed by atoms with Crippen LogP contribution in [-0.4, -0.2) is 22.4 Å². The van der Waals surface area contributed by atoms with Crippen molar-refractivity contribution in [2.45, 2.75) is 20.8 Å². The summed E-state index contributed by atoms with van der Waals surface area (Å²) in [5.41, 5.74) is 1.95. The van der Waals surface area contributed by atoms with Gasteiger partial charge >= 0.3 is 5.97 Å². The van der Waals surface area contributed by atoms with Crippen LogP contribution in [0.1, 0.15) is 29.1 Å². The van der Waals surface area contributed by atoms with E-state index in [0.29, 0.717) is 21.3 Å². The Hall–Kier alpha value is -1.46. The number of methoxy groups -OCH3 is 1. The molecule has 0 aliphatic rings. The Morgan fingerprint density at radius 3 is 2.63 bits per heavy atom. The number of aromatic nitrogens is 2. The molecule has 0 saturated carbocycles. The van der Waals surface area contributed by atoms with Crippen LogP contribution in [0.3, 0.4) is 0 Å². The van der Waals surface area contributed by atoms with Crippen LogP contribution >= 0.6 is 23.1 Å². The molecular weight excluding hydrogens is 284 g/mol. The lowest BCUT2D eigenvalue weighted by Crippen LogP contribution is -2.00. The van der Waals surface area contributed by atoms with Gasteiger partial charge in [0.15, 0.2) is 0 Å². The highest BCUT2D eigenvalue weighted by atomic mass is 35.5. The smallest absolute Gasteiger partial charge is 0.349 e. The van der Waals surface area contributed by atoms with Crippen LogP contribution in [0, 0.1) is 6.92 Å². The summed E-state index contributed by atoms with van der Waals surface area (Å²) in [5.74, 6) is -0.390. The first kappa shape index (κ1) is 15.6. The molecule has 0 aliphatic heterocycles. The van der Waals surface area contributed by atoms with E-state index in [2.05, 4.69) is 14.1 Å². The normalized spacial score (nSPS) is 9.53. The minimum atomic E-state index is -0.390. The number of esters is 1. The van der Waals surface area contributed by atoms with Crippen LogP contribution in [0.2, 0.25) is 5.02 Å². The highest BCUT2D eigenvalue weighted by Crippen LogP contribution is 2.30. The zero-order chi connectivity index (χ0) is 14.4. The Balaban J connectivity index is 0.000000861. The van der Waals surface area contributed by atoms with E-state index < -0.39 is 5.97 Å². The van der Waals surface area contributed by atoms with E-state index in [1.165, 1.54) is 7.11 Å². The molecule has 0 saturated heterocycles. The molecule has 0 radical (unpaired) electrons. The molecule has 0 N–H and O–H groups in total. The monoisotopic (exact) mass is 298 g/mol. The van der Waals surface area contributed by atoms with Crippen molar-refractivity contribution in [1.82, 2.24) is 9.36 Å². The number of rotatable bonds is 2. The summed E-state index contributed by atoms with van der Waals surface area (Å²) in [5, 5.41) is 0.511. The average Bonchev–Trinajstić information content (AvgIpc) is 2.82. The van der Waals surface area contributed by atoms with Crippen LogP contribution in [0.25, 0.3) is 11.4 Å². The van der Waals surface area contributed by atoms with E-state index in [4.69, 9.17) is 11.6 Å². The first-order valence-corrected chi connectivity index (χ1v) is 6.95. The zero-order valence-electron chi connectivity index (χ0n) is 11.2. The number of hydrogen-bond acceptors (Lipinski definition) is 5. The van der Waals surface area contributed by atoms with Gasteiger partial charge in [0.05, 0.1) is 12.1 Å². The van der Waals surface area contributed by atoms with Gasteiger partial charge in [-0.3, -0.25) is 4.98 Å². The van der Waals surface area contributed by atoms with E-state index >= 15 is 0 Å². The van der Waals surface area contributed by atoms with Crippen molar-refractivity contribution in [3.8, 4) is 11.4 Å². The van der Waals surface area contributed by atoms with Gasteiger partial charge in [0.2, 0.25) is 0 Å². The second kappa shape index (κ2) is 7.21. The van der Waals surface area contributed by atoms with E-state index in [1.54, 1.807) is 25.3 Å². The molecule has 4 nitrogen and oxygen atoms in total. The first-order valence-electron chi connectivity index (χ1n) is 5.80. The van der Waals surface area contributed by atoms with E-state index in [0.717, 1.165) is 17.1 Å². The Kier molecular flexibility index (Phi) is 5.92. The third-order valence-electron chi connectivity index (χ3n) is 2.28. The summed E-state index contributed by atoms with van der Waals surface area (Å²) >= 11 is 7.13. The Morgan fingerprint density at radius 2 is 2.05 bits per heavy atom. The minimum Gasteiger partial charge on any atom is -0.465 e. The van der Waals surface area contributed by atoms with Crippen LogP contribution in [0.15, 0.2) is 18.3 Å². The molecule has 0 amide bonds. The second-order valence-corrected chi connectivity index (χ2v) is 4.49. The molecule has 0 aromatic carbocycles. The van der Waals surface area contributed by atoms with Crippen molar-refractivity contribution >= 4 is 29.1 Å². The molecule has 2 rings (SSSR count). The lowest BCUT2D eigenvalue weighted by atomic mass is 10.1. The Labute approximate surface area is 121 Å². The third kappa shape index (κ3) is 3.30. The Morgan fingerprint density at radius 1 is 1.37 bits per heavy atom. The molecule has 0 unspecified atom stereocenters. The molecule has 102 valence electrons. The summed E-state index contributed by atoms with van der Waals surface area (Å²) in [6, 6.07) is 3.48. The maximum absolute atomic E-state index is 11.5.